The summed E-state index contributed by atoms with van der Waals surface area (Å²) in [7, 11) is 0. The standard InChI is InChI=1S/C13H20N2OS/c1-10-5-3-4-8-15(10)13(16)14-9-12-7-6-11(2)17-12/h6-7,10H,3-5,8-9H2,1-2H3,(H,14,16). The number of likely N-dealkylation sites (tertiary alicyclic amines) is 1. The van der Waals surface area contributed by atoms with Crippen LogP contribution in [0.4, 0.5) is 4.79 Å². The Morgan fingerprint density at radius 1 is 1.53 bits per heavy atom. The summed E-state index contributed by atoms with van der Waals surface area (Å²) in [6.45, 7) is 5.77. The third kappa shape index (κ3) is 3.22. The summed E-state index contributed by atoms with van der Waals surface area (Å²) in [4.78, 5) is 16.5. The van der Waals surface area contributed by atoms with E-state index in [2.05, 4.69) is 31.3 Å². The van der Waals surface area contributed by atoms with Gasteiger partial charge in [-0.05, 0) is 45.2 Å². The Hall–Kier alpha value is -1.03. The van der Waals surface area contributed by atoms with Gasteiger partial charge in [-0.1, -0.05) is 0 Å². The van der Waals surface area contributed by atoms with Crippen LogP contribution in [0.3, 0.4) is 0 Å². The molecule has 1 N–H and O–H groups in total. The highest BCUT2D eigenvalue weighted by molar-refractivity contribution is 7.11. The Bertz CT molecular complexity index is 389. The second-order valence-corrected chi connectivity index (χ2v) is 6.08. The molecular weight excluding hydrogens is 232 g/mol. The second-order valence-electron chi connectivity index (χ2n) is 4.71. The highest BCUT2D eigenvalue weighted by Crippen LogP contribution is 2.17. The van der Waals surface area contributed by atoms with E-state index in [1.807, 2.05) is 4.90 Å². The number of hydrogen-bond donors (Lipinski definition) is 1. The number of piperidine rings is 1. The lowest BCUT2D eigenvalue weighted by Gasteiger charge is -2.33. The van der Waals surface area contributed by atoms with E-state index >= 15 is 0 Å². The molecule has 1 aromatic rings. The number of rotatable bonds is 2. The van der Waals surface area contributed by atoms with E-state index in [1.54, 1.807) is 11.3 Å². The first-order valence-electron chi connectivity index (χ1n) is 6.26. The van der Waals surface area contributed by atoms with Crippen molar-refractivity contribution >= 4 is 17.4 Å². The Balaban J connectivity index is 1.84. The van der Waals surface area contributed by atoms with Crippen LogP contribution in [0.5, 0.6) is 0 Å². The molecule has 0 radical (unpaired) electrons. The van der Waals surface area contributed by atoms with Crippen LogP contribution in [-0.2, 0) is 6.54 Å². The molecule has 94 valence electrons. The molecule has 2 amide bonds. The molecule has 4 heteroatoms. The fourth-order valence-corrected chi connectivity index (χ4v) is 3.07. The summed E-state index contributed by atoms with van der Waals surface area (Å²) in [5, 5.41) is 3.01. The number of nitrogens with zero attached hydrogens (tertiary/aromatic N) is 1. The van der Waals surface area contributed by atoms with Gasteiger partial charge in [0.25, 0.3) is 0 Å². The zero-order valence-electron chi connectivity index (χ0n) is 10.5. The predicted octanol–water partition coefficient (Wildman–Crippen LogP) is 3.14. The van der Waals surface area contributed by atoms with Gasteiger partial charge in [0.1, 0.15) is 0 Å². The molecule has 1 aromatic heterocycles. The Morgan fingerprint density at radius 2 is 2.35 bits per heavy atom. The zero-order valence-corrected chi connectivity index (χ0v) is 11.3. The maximum Gasteiger partial charge on any atom is 0.317 e. The Kier molecular flexibility index (Phi) is 4.05. The number of urea groups is 1. The normalized spacial score (nSPS) is 20.4. The molecule has 3 nitrogen and oxygen atoms in total. The molecule has 0 bridgehead atoms. The summed E-state index contributed by atoms with van der Waals surface area (Å²) in [5.74, 6) is 0. The van der Waals surface area contributed by atoms with Gasteiger partial charge in [0.2, 0.25) is 0 Å². The van der Waals surface area contributed by atoms with Crippen molar-refractivity contribution in [3.63, 3.8) is 0 Å². The minimum atomic E-state index is 0.0863. The average molecular weight is 252 g/mol. The van der Waals surface area contributed by atoms with Crippen LogP contribution in [0.25, 0.3) is 0 Å². The summed E-state index contributed by atoms with van der Waals surface area (Å²) >= 11 is 1.74. The van der Waals surface area contributed by atoms with Crippen molar-refractivity contribution in [2.24, 2.45) is 0 Å². The smallest absolute Gasteiger partial charge is 0.317 e. The first-order chi connectivity index (χ1) is 8.16. The number of thiophene rings is 1. The molecule has 1 aliphatic heterocycles. The molecule has 0 aliphatic carbocycles. The number of carbonyl (C=O) groups excluding carboxylic acids is 1. The number of carbonyl (C=O) groups is 1. The number of amides is 2. The third-order valence-corrected chi connectivity index (χ3v) is 4.27. The van der Waals surface area contributed by atoms with E-state index in [9.17, 15) is 4.79 Å². The molecule has 1 aliphatic rings. The molecular formula is C13H20N2OS. The topological polar surface area (TPSA) is 32.3 Å². The lowest BCUT2D eigenvalue weighted by molar-refractivity contribution is 0.158. The quantitative estimate of drug-likeness (QED) is 0.861. The van der Waals surface area contributed by atoms with Gasteiger partial charge in [0.05, 0.1) is 6.54 Å². The van der Waals surface area contributed by atoms with Gasteiger partial charge in [0, 0.05) is 22.3 Å². The molecule has 0 spiro atoms. The molecule has 0 saturated carbocycles. The van der Waals surface area contributed by atoms with Crippen LogP contribution in [0.2, 0.25) is 0 Å². The highest BCUT2D eigenvalue weighted by Gasteiger charge is 2.22. The molecule has 2 heterocycles. The fourth-order valence-electron chi connectivity index (χ4n) is 2.24. The van der Waals surface area contributed by atoms with Gasteiger partial charge in [-0.25, -0.2) is 4.79 Å². The van der Waals surface area contributed by atoms with Gasteiger partial charge >= 0.3 is 6.03 Å². The van der Waals surface area contributed by atoms with E-state index in [-0.39, 0.29) is 6.03 Å². The van der Waals surface area contributed by atoms with Crippen LogP contribution >= 0.6 is 11.3 Å². The van der Waals surface area contributed by atoms with Crippen LogP contribution < -0.4 is 5.32 Å². The molecule has 2 rings (SSSR count). The van der Waals surface area contributed by atoms with E-state index in [0.29, 0.717) is 12.6 Å². The largest absolute Gasteiger partial charge is 0.333 e. The van der Waals surface area contributed by atoms with Crippen LogP contribution in [-0.4, -0.2) is 23.5 Å². The van der Waals surface area contributed by atoms with E-state index in [1.165, 1.54) is 16.2 Å². The molecule has 1 atom stereocenters. The zero-order chi connectivity index (χ0) is 12.3. The summed E-state index contributed by atoms with van der Waals surface area (Å²) in [6.07, 6.45) is 3.51. The first kappa shape index (κ1) is 12.4. The number of nitrogens with one attached hydrogen (secondary N) is 1. The first-order valence-corrected chi connectivity index (χ1v) is 7.08. The summed E-state index contributed by atoms with van der Waals surface area (Å²) in [6, 6.07) is 4.65. The van der Waals surface area contributed by atoms with Gasteiger partial charge in [-0.3, -0.25) is 0 Å². The van der Waals surface area contributed by atoms with Gasteiger partial charge in [-0.15, -0.1) is 11.3 Å². The van der Waals surface area contributed by atoms with E-state index in [4.69, 9.17) is 0 Å². The van der Waals surface area contributed by atoms with Crippen molar-refractivity contribution in [2.75, 3.05) is 6.54 Å². The van der Waals surface area contributed by atoms with Crippen molar-refractivity contribution in [3.8, 4) is 0 Å². The maximum absolute atomic E-state index is 12.0. The number of hydrogen-bond acceptors (Lipinski definition) is 2. The molecule has 1 saturated heterocycles. The molecule has 17 heavy (non-hydrogen) atoms. The predicted molar refractivity (Wildman–Crippen MR) is 71.3 cm³/mol. The van der Waals surface area contributed by atoms with Gasteiger partial charge < -0.3 is 10.2 Å². The molecule has 1 fully saturated rings. The number of aryl methyl sites for hydroxylation is 1. The average Bonchev–Trinajstić information content (AvgIpc) is 2.73. The second kappa shape index (κ2) is 5.54. The minimum Gasteiger partial charge on any atom is -0.333 e. The van der Waals surface area contributed by atoms with Crippen molar-refractivity contribution < 1.29 is 4.79 Å². The van der Waals surface area contributed by atoms with E-state index < -0.39 is 0 Å². The van der Waals surface area contributed by atoms with Crippen molar-refractivity contribution in [3.05, 3.63) is 21.9 Å². The van der Waals surface area contributed by atoms with Crippen molar-refractivity contribution in [2.45, 2.75) is 45.7 Å². The monoisotopic (exact) mass is 252 g/mol. The lowest BCUT2D eigenvalue weighted by atomic mass is 10.0. The Morgan fingerprint density at radius 3 is 3.00 bits per heavy atom. The van der Waals surface area contributed by atoms with Gasteiger partial charge in [-0.2, -0.15) is 0 Å². The fraction of sp³-hybridized carbons (Fsp3) is 0.615. The van der Waals surface area contributed by atoms with E-state index in [0.717, 1.165) is 19.4 Å². The van der Waals surface area contributed by atoms with Crippen molar-refractivity contribution in [1.82, 2.24) is 10.2 Å². The van der Waals surface area contributed by atoms with Crippen LogP contribution in [0.15, 0.2) is 12.1 Å². The minimum absolute atomic E-state index is 0.0863. The lowest BCUT2D eigenvalue weighted by Crippen LogP contribution is -2.47. The summed E-state index contributed by atoms with van der Waals surface area (Å²) in [5.41, 5.74) is 0. The molecule has 1 unspecified atom stereocenters. The Labute approximate surface area is 107 Å². The van der Waals surface area contributed by atoms with Crippen LogP contribution in [0, 0.1) is 6.92 Å². The third-order valence-electron chi connectivity index (χ3n) is 3.27. The summed E-state index contributed by atoms with van der Waals surface area (Å²) < 4.78 is 0. The maximum atomic E-state index is 12.0. The van der Waals surface area contributed by atoms with Gasteiger partial charge in [0.15, 0.2) is 0 Å². The van der Waals surface area contributed by atoms with Crippen molar-refractivity contribution in [1.29, 1.82) is 0 Å². The van der Waals surface area contributed by atoms with Crippen LogP contribution in [0.1, 0.15) is 35.9 Å². The highest BCUT2D eigenvalue weighted by atomic mass is 32.1. The molecule has 0 aromatic carbocycles. The SMILES string of the molecule is Cc1ccc(CNC(=O)N2CCCCC2C)s1.